The number of aryl methyl sites for hydroxylation is 2. The first-order chi connectivity index (χ1) is 16.7. The summed E-state index contributed by atoms with van der Waals surface area (Å²) in [4.78, 5) is 20.1. The maximum atomic E-state index is 13.4. The van der Waals surface area contributed by atoms with Crippen LogP contribution in [0.4, 0.5) is 5.69 Å². The molecule has 0 N–H and O–H groups in total. The standard InChI is InChI=1S/C29H27N3OS/c1-2-31(26-18-10-14-23-13-6-7-15-24(23)26)28(33)21-34-29-30-25-16-8-9-17-27(25)32(29)20-19-22-11-4-3-5-12-22/h3-18H,2,19-21H2,1H3. The van der Waals surface area contributed by atoms with E-state index >= 15 is 0 Å². The molecule has 4 nitrogen and oxygen atoms in total. The minimum atomic E-state index is 0.0884. The van der Waals surface area contributed by atoms with Gasteiger partial charge < -0.3 is 9.47 Å². The third-order valence-corrected chi connectivity index (χ3v) is 7.05. The zero-order valence-electron chi connectivity index (χ0n) is 19.2. The van der Waals surface area contributed by atoms with Crippen LogP contribution >= 0.6 is 11.8 Å². The Morgan fingerprint density at radius 3 is 2.47 bits per heavy atom. The lowest BCUT2D eigenvalue weighted by molar-refractivity contribution is -0.116. The molecule has 1 amide bonds. The van der Waals surface area contributed by atoms with Crippen LogP contribution in [-0.4, -0.2) is 27.8 Å². The number of nitrogens with zero attached hydrogens (tertiary/aromatic N) is 3. The van der Waals surface area contributed by atoms with Gasteiger partial charge in [0.25, 0.3) is 0 Å². The van der Waals surface area contributed by atoms with Crippen molar-refractivity contribution in [3.05, 3.63) is 103 Å². The second-order valence-corrected chi connectivity index (χ2v) is 9.14. The Kier molecular flexibility index (Phi) is 6.63. The fraction of sp³-hybridized carbons (Fsp3) is 0.172. The lowest BCUT2D eigenvalue weighted by Gasteiger charge is -2.22. The Morgan fingerprint density at radius 2 is 1.62 bits per heavy atom. The third-order valence-electron chi connectivity index (χ3n) is 6.09. The number of carbonyl (C=O) groups is 1. The third kappa shape index (κ3) is 4.57. The van der Waals surface area contributed by atoms with Crippen molar-refractivity contribution in [1.29, 1.82) is 0 Å². The summed E-state index contributed by atoms with van der Waals surface area (Å²) in [6, 6.07) is 33.0. The molecule has 0 radical (unpaired) electrons. The van der Waals surface area contributed by atoms with Gasteiger partial charge in [-0.05, 0) is 42.5 Å². The number of amides is 1. The van der Waals surface area contributed by atoms with E-state index in [4.69, 9.17) is 4.98 Å². The van der Waals surface area contributed by atoms with Crippen LogP contribution in [0.3, 0.4) is 0 Å². The molecule has 34 heavy (non-hydrogen) atoms. The Bertz CT molecular complexity index is 1420. The zero-order chi connectivity index (χ0) is 23.3. The summed E-state index contributed by atoms with van der Waals surface area (Å²) in [5, 5.41) is 3.13. The molecule has 5 rings (SSSR count). The van der Waals surface area contributed by atoms with Crippen LogP contribution in [0.5, 0.6) is 0 Å². The summed E-state index contributed by atoms with van der Waals surface area (Å²) < 4.78 is 2.24. The Labute approximate surface area is 204 Å². The molecular weight excluding hydrogens is 438 g/mol. The number of aromatic nitrogens is 2. The first kappa shape index (κ1) is 22.2. The molecule has 0 fully saturated rings. The van der Waals surface area contributed by atoms with Crippen LogP contribution in [-0.2, 0) is 17.8 Å². The summed E-state index contributed by atoms with van der Waals surface area (Å²) in [5.74, 6) is 0.427. The van der Waals surface area contributed by atoms with Crippen molar-refractivity contribution in [3.8, 4) is 0 Å². The molecule has 4 aromatic carbocycles. The number of hydrogen-bond acceptors (Lipinski definition) is 3. The molecule has 0 atom stereocenters. The normalized spacial score (nSPS) is 11.2. The highest BCUT2D eigenvalue weighted by molar-refractivity contribution is 7.99. The van der Waals surface area contributed by atoms with Crippen LogP contribution in [0.25, 0.3) is 21.8 Å². The van der Waals surface area contributed by atoms with Crippen LogP contribution in [0, 0.1) is 0 Å². The van der Waals surface area contributed by atoms with Crippen LogP contribution in [0.1, 0.15) is 12.5 Å². The van der Waals surface area contributed by atoms with E-state index in [1.165, 1.54) is 17.3 Å². The molecule has 1 aromatic heterocycles. The van der Waals surface area contributed by atoms with Crippen LogP contribution in [0.2, 0.25) is 0 Å². The van der Waals surface area contributed by atoms with Crippen molar-refractivity contribution in [1.82, 2.24) is 9.55 Å². The van der Waals surface area contributed by atoms with E-state index in [0.29, 0.717) is 12.3 Å². The predicted molar refractivity (Wildman–Crippen MR) is 143 cm³/mol. The van der Waals surface area contributed by atoms with Gasteiger partial charge in [-0.15, -0.1) is 0 Å². The molecule has 0 bridgehead atoms. The summed E-state index contributed by atoms with van der Waals surface area (Å²) in [6.45, 7) is 3.47. The lowest BCUT2D eigenvalue weighted by atomic mass is 10.1. The maximum absolute atomic E-state index is 13.4. The molecule has 0 aliphatic rings. The molecule has 0 saturated heterocycles. The number of benzene rings is 4. The summed E-state index contributed by atoms with van der Waals surface area (Å²) in [6.07, 6.45) is 0.916. The highest BCUT2D eigenvalue weighted by Crippen LogP contribution is 2.29. The average molecular weight is 466 g/mol. The second-order valence-electron chi connectivity index (χ2n) is 8.20. The van der Waals surface area contributed by atoms with Crippen molar-refractivity contribution in [3.63, 3.8) is 0 Å². The van der Waals surface area contributed by atoms with E-state index in [9.17, 15) is 4.79 Å². The van der Waals surface area contributed by atoms with Gasteiger partial charge in [-0.25, -0.2) is 4.98 Å². The Balaban J connectivity index is 1.38. The van der Waals surface area contributed by atoms with Crippen molar-refractivity contribution in [2.75, 3.05) is 17.2 Å². The smallest absolute Gasteiger partial charge is 0.237 e. The molecular formula is C29H27N3OS. The zero-order valence-corrected chi connectivity index (χ0v) is 20.0. The van der Waals surface area contributed by atoms with E-state index < -0.39 is 0 Å². The van der Waals surface area contributed by atoms with E-state index in [0.717, 1.165) is 45.6 Å². The van der Waals surface area contributed by atoms with Gasteiger partial charge in [0, 0.05) is 18.5 Å². The van der Waals surface area contributed by atoms with Gasteiger partial charge >= 0.3 is 0 Å². The highest BCUT2D eigenvalue weighted by atomic mass is 32.2. The van der Waals surface area contributed by atoms with Crippen molar-refractivity contribution in [2.45, 2.75) is 25.0 Å². The number of thioether (sulfide) groups is 1. The molecule has 0 aliphatic heterocycles. The van der Waals surface area contributed by atoms with Crippen molar-refractivity contribution in [2.24, 2.45) is 0 Å². The molecule has 5 aromatic rings. The van der Waals surface area contributed by atoms with Crippen molar-refractivity contribution < 1.29 is 4.79 Å². The number of para-hydroxylation sites is 2. The lowest BCUT2D eigenvalue weighted by Crippen LogP contribution is -2.32. The van der Waals surface area contributed by atoms with E-state index in [1.807, 2.05) is 60.4 Å². The number of rotatable bonds is 8. The number of carbonyl (C=O) groups excluding carboxylic acids is 1. The van der Waals surface area contributed by atoms with Crippen LogP contribution in [0.15, 0.2) is 102 Å². The summed E-state index contributed by atoms with van der Waals surface area (Å²) in [5.41, 5.74) is 4.32. The fourth-order valence-corrected chi connectivity index (χ4v) is 5.31. The number of anilines is 1. The van der Waals surface area contributed by atoms with Gasteiger partial charge in [-0.3, -0.25) is 4.79 Å². The van der Waals surface area contributed by atoms with Crippen molar-refractivity contribution >= 4 is 45.2 Å². The molecule has 0 unspecified atom stereocenters. The average Bonchev–Trinajstić information content (AvgIpc) is 3.25. The first-order valence-corrected chi connectivity index (χ1v) is 12.6. The Morgan fingerprint density at radius 1 is 0.882 bits per heavy atom. The number of fused-ring (bicyclic) bond motifs is 2. The molecule has 5 heteroatoms. The molecule has 0 spiro atoms. The number of imidazole rings is 1. The van der Waals surface area contributed by atoms with Crippen LogP contribution < -0.4 is 4.90 Å². The Hall–Kier alpha value is -3.57. The predicted octanol–water partition coefficient (Wildman–Crippen LogP) is 6.58. The van der Waals surface area contributed by atoms with E-state index in [1.54, 1.807) is 0 Å². The fourth-order valence-electron chi connectivity index (χ4n) is 4.39. The van der Waals surface area contributed by atoms with Gasteiger partial charge in [-0.1, -0.05) is 90.6 Å². The first-order valence-electron chi connectivity index (χ1n) is 11.6. The highest BCUT2D eigenvalue weighted by Gasteiger charge is 2.19. The maximum Gasteiger partial charge on any atom is 0.237 e. The quantitative estimate of drug-likeness (QED) is 0.243. The minimum Gasteiger partial charge on any atom is -0.319 e. The minimum absolute atomic E-state index is 0.0884. The van der Waals surface area contributed by atoms with E-state index in [-0.39, 0.29) is 5.91 Å². The monoisotopic (exact) mass is 465 g/mol. The molecule has 1 heterocycles. The second kappa shape index (κ2) is 10.1. The largest absolute Gasteiger partial charge is 0.319 e. The van der Waals surface area contributed by atoms with E-state index in [2.05, 4.69) is 53.1 Å². The van der Waals surface area contributed by atoms with Gasteiger partial charge in [0.05, 0.1) is 22.5 Å². The summed E-state index contributed by atoms with van der Waals surface area (Å²) in [7, 11) is 0. The van der Waals surface area contributed by atoms with Gasteiger partial charge in [0.15, 0.2) is 5.16 Å². The van der Waals surface area contributed by atoms with Gasteiger partial charge in [-0.2, -0.15) is 0 Å². The molecule has 0 aliphatic carbocycles. The number of hydrogen-bond donors (Lipinski definition) is 0. The topological polar surface area (TPSA) is 38.1 Å². The SMILES string of the molecule is CCN(C(=O)CSc1nc2ccccc2n1CCc1ccccc1)c1cccc2ccccc12. The van der Waals surface area contributed by atoms with Gasteiger partial charge in [0.2, 0.25) is 5.91 Å². The van der Waals surface area contributed by atoms with Gasteiger partial charge in [0.1, 0.15) is 0 Å². The summed E-state index contributed by atoms with van der Waals surface area (Å²) >= 11 is 1.52. The molecule has 170 valence electrons. The molecule has 0 saturated carbocycles.